The molecule has 0 unspecified atom stereocenters. The van der Waals surface area contributed by atoms with Gasteiger partial charge in [0.25, 0.3) is 0 Å². The molecule has 4 heterocycles. The zero-order valence-corrected chi connectivity index (χ0v) is 18.5. The van der Waals surface area contributed by atoms with E-state index in [1.165, 1.54) is 25.4 Å². The van der Waals surface area contributed by atoms with Gasteiger partial charge in [-0.25, -0.2) is 8.78 Å². The number of rotatable bonds is 4. The molecule has 3 N–H and O–H groups in total. The van der Waals surface area contributed by atoms with E-state index >= 15 is 4.39 Å². The lowest BCUT2D eigenvalue weighted by Crippen LogP contribution is -2.31. The zero-order chi connectivity index (χ0) is 23.3. The fraction of sp³-hybridized carbons (Fsp3) is 0.273. The molecule has 0 aliphatic carbocycles. The van der Waals surface area contributed by atoms with Gasteiger partial charge in [-0.3, -0.25) is 4.98 Å². The number of thiophene rings is 1. The molecule has 8 nitrogen and oxygen atoms in total. The highest BCUT2D eigenvalue weighted by molar-refractivity contribution is 7.23. The van der Waals surface area contributed by atoms with Gasteiger partial charge in [0, 0.05) is 23.2 Å². The summed E-state index contributed by atoms with van der Waals surface area (Å²) in [4.78, 5) is 12.7. The SMILES string of the molecule is COc1nc(O[C@@H]2CCN[C@@H]2C)c2cnc(-c3ccc(F)c4sc(N)c(C#N)c34)c(F)c2n1. The number of pyridine rings is 1. The normalized spacial score (nSPS) is 18.0. The molecule has 1 aliphatic heterocycles. The van der Waals surface area contributed by atoms with Gasteiger partial charge < -0.3 is 20.5 Å². The summed E-state index contributed by atoms with van der Waals surface area (Å²) in [5, 5.41) is 13.5. The number of hydrogen-bond acceptors (Lipinski definition) is 9. The van der Waals surface area contributed by atoms with Crippen LogP contribution in [0, 0.1) is 23.0 Å². The third kappa shape index (κ3) is 3.39. The first-order valence-electron chi connectivity index (χ1n) is 10.1. The largest absolute Gasteiger partial charge is 0.472 e. The standard InChI is InChI=1S/C22H18F2N6O2S/c1-9-14(5-6-27-9)32-21-12-8-28-17(16(24)18(12)29-22(30-21)31-2)10-3-4-13(23)19-15(10)11(7-25)20(26)33-19/h3-4,8-9,14,27H,5-6,26H2,1-2H3/t9-,14-/m1/s1. The van der Waals surface area contributed by atoms with Crippen molar-refractivity contribution in [2.45, 2.75) is 25.5 Å². The predicted octanol–water partition coefficient (Wildman–Crippen LogP) is 3.78. The lowest BCUT2D eigenvalue weighted by molar-refractivity contribution is 0.185. The Bertz CT molecular complexity index is 1450. The Hall–Kier alpha value is -3.62. The number of nitrogen functional groups attached to an aromatic ring is 1. The summed E-state index contributed by atoms with van der Waals surface area (Å²) in [6.07, 6.45) is 2.03. The Kier molecular flexibility index (Phi) is 5.19. The Balaban J connectivity index is 1.73. The zero-order valence-electron chi connectivity index (χ0n) is 17.6. The third-order valence-corrected chi connectivity index (χ3v) is 6.74. The van der Waals surface area contributed by atoms with Crippen molar-refractivity contribution in [2.24, 2.45) is 0 Å². The number of hydrogen-bond donors (Lipinski definition) is 2. The van der Waals surface area contributed by atoms with Crippen LogP contribution < -0.4 is 20.5 Å². The molecular weight excluding hydrogens is 450 g/mol. The van der Waals surface area contributed by atoms with Crippen LogP contribution in [0.5, 0.6) is 11.9 Å². The van der Waals surface area contributed by atoms with Gasteiger partial charge in [-0.05, 0) is 32.0 Å². The first kappa shape index (κ1) is 21.2. The molecule has 11 heteroatoms. The van der Waals surface area contributed by atoms with E-state index in [2.05, 4.69) is 20.3 Å². The van der Waals surface area contributed by atoms with E-state index in [4.69, 9.17) is 15.2 Å². The van der Waals surface area contributed by atoms with Crippen molar-refractivity contribution in [1.29, 1.82) is 5.26 Å². The molecule has 2 atom stereocenters. The third-order valence-electron chi connectivity index (χ3n) is 5.71. The van der Waals surface area contributed by atoms with E-state index < -0.39 is 11.6 Å². The lowest BCUT2D eigenvalue weighted by atomic mass is 10.0. The Morgan fingerprint density at radius 3 is 2.82 bits per heavy atom. The summed E-state index contributed by atoms with van der Waals surface area (Å²) < 4.78 is 41.6. The van der Waals surface area contributed by atoms with Crippen molar-refractivity contribution >= 4 is 37.3 Å². The molecule has 1 aliphatic rings. The number of nitrogens with two attached hydrogens (primary N) is 1. The van der Waals surface area contributed by atoms with E-state index in [0.29, 0.717) is 0 Å². The van der Waals surface area contributed by atoms with Crippen molar-refractivity contribution in [1.82, 2.24) is 20.3 Å². The van der Waals surface area contributed by atoms with Crippen LogP contribution in [0.3, 0.4) is 0 Å². The maximum atomic E-state index is 15.8. The minimum Gasteiger partial charge on any atom is -0.472 e. The molecule has 4 aromatic rings. The Morgan fingerprint density at radius 1 is 1.30 bits per heavy atom. The molecule has 3 aromatic heterocycles. The molecule has 0 bridgehead atoms. The molecule has 1 aromatic carbocycles. The molecule has 0 amide bonds. The average Bonchev–Trinajstić information content (AvgIpc) is 3.37. The molecule has 33 heavy (non-hydrogen) atoms. The highest BCUT2D eigenvalue weighted by Crippen LogP contribution is 2.42. The fourth-order valence-electron chi connectivity index (χ4n) is 4.02. The maximum Gasteiger partial charge on any atom is 0.320 e. The van der Waals surface area contributed by atoms with Crippen LogP contribution in [0.4, 0.5) is 13.8 Å². The molecule has 1 saturated heterocycles. The second-order valence-corrected chi connectivity index (χ2v) is 8.69. The summed E-state index contributed by atoms with van der Waals surface area (Å²) in [7, 11) is 1.38. The number of benzene rings is 1. The van der Waals surface area contributed by atoms with E-state index in [-0.39, 0.29) is 66.8 Å². The average molecular weight is 468 g/mol. The lowest BCUT2D eigenvalue weighted by Gasteiger charge is -2.18. The number of methoxy groups -OCH3 is 1. The summed E-state index contributed by atoms with van der Waals surface area (Å²) in [6, 6.07) is 4.59. The number of nitriles is 1. The predicted molar refractivity (Wildman–Crippen MR) is 120 cm³/mol. The van der Waals surface area contributed by atoms with Gasteiger partial charge in [0.15, 0.2) is 5.82 Å². The molecule has 1 fully saturated rings. The van der Waals surface area contributed by atoms with Crippen molar-refractivity contribution in [3.8, 4) is 29.2 Å². The van der Waals surface area contributed by atoms with Gasteiger partial charge in [0.05, 0.1) is 22.8 Å². The maximum absolute atomic E-state index is 15.8. The molecule has 168 valence electrons. The smallest absolute Gasteiger partial charge is 0.320 e. The van der Waals surface area contributed by atoms with E-state index in [9.17, 15) is 9.65 Å². The number of aromatic nitrogens is 3. The number of nitrogens with one attached hydrogen (secondary N) is 1. The van der Waals surface area contributed by atoms with Gasteiger partial charge >= 0.3 is 6.01 Å². The fourth-order valence-corrected chi connectivity index (χ4v) is 4.97. The second kappa shape index (κ2) is 8.06. The summed E-state index contributed by atoms with van der Waals surface area (Å²) in [5.41, 5.74) is 6.08. The number of halogens is 2. The van der Waals surface area contributed by atoms with Crippen LogP contribution >= 0.6 is 11.3 Å². The van der Waals surface area contributed by atoms with Gasteiger partial charge in [-0.1, -0.05) is 0 Å². The molecule has 0 saturated carbocycles. The highest BCUT2D eigenvalue weighted by Gasteiger charge is 2.28. The van der Waals surface area contributed by atoms with Gasteiger partial charge in [0.2, 0.25) is 5.88 Å². The van der Waals surface area contributed by atoms with Crippen molar-refractivity contribution in [3.63, 3.8) is 0 Å². The number of nitrogens with zero attached hydrogens (tertiary/aromatic N) is 4. The van der Waals surface area contributed by atoms with Crippen molar-refractivity contribution in [3.05, 3.63) is 35.5 Å². The van der Waals surface area contributed by atoms with Crippen molar-refractivity contribution in [2.75, 3.05) is 19.4 Å². The van der Waals surface area contributed by atoms with Crippen LogP contribution in [0.25, 0.3) is 32.2 Å². The van der Waals surface area contributed by atoms with E-state index in [1.54, 1.807) is 0 Å². The quantitative estimate of drug-likeness (QED) is 0.465. The number of anilines is 1. The second-order valence-electron chi connectivity index (χ2n) is 7.64. The van der Waals surface area contributed by atoms with Crippen LogP contribution in [0.15, 0.2) is 18.3 Å². The van der Waals surface area contributed by atoms with Gasteiger partial charge in [0.1, 0.15) is 34.2 Å². The summed E-state index contributed by atoms with van der Waals surface area (Å²) in [6.45, 7) is 2.79. The topological polar surface area (TPSA) is 119 Å². The minimum atomic E-state index is -0.766. The van der Waals surface area contributed by atoms with Crippen LogP contribution in [0.1, 0.15) is 18.9 Å². The first-order chi connectivity index (χ1) is 15.9. The highest BCUT2D eigenvalue weighted by atomic mass is 32.1. The Labute approximate surface area is 191 Å². The molecule has 0 radical (unpaired) electrons. The van der Waals surface area contributed by atoms with Crippen LogP contribution in [-0.2, 0) is 0 Å². The van der Waals surface area contributed by atoms with Gasteiger partial charge in [-0.2, -0.15) is 15.2 Å². The Morgan fingerprint density at radius 2 is 2.12 bits per heavy atom. The monoisotopic (exact) mass is 468 g/mol. The van der Waals surface area contributed by atoms with Crippen LogP contribution in [0.2, 0.25) is 0 Å². The van der Waals surface area contributed by atoms with Crippen molar-refractivity contribution < 1.29 is 18.3 Å². The molecule has 5 rings (SSSR count). The first-order valence-corrected chi connectivity index (χ1v) is 11.0. The number of fused-ring (bicyclic) bond motifs is 2. The number of ether oxygens (including phenoxy) is 2. The van der Waals surface area contributed by atoms with Gasteiger partial charge in [-0.15, -0.1) is 11.3 Å². The summed E-state index contributed by atoms with van der Waals surface area (Å²) in [5.74, 6) is -1.15. The van der Waals surface area contributed by atoms with Crippen LogP contribution in [-0.4, -0.2) is 40.8 Å². The molecular formula is C22H18F2N6O2S. The van der Waals surface area contributed by atoms with E-state index in [1.807, 2.05) is 13.0 Å². The molecule has 0 spiro atoms. The summed E-state index contributed by atoms with van der Waals surface area (Å²) >= 11 is 0.933. The minimum absolute atomic E-state index is 0.0559. The van der Waals surface area contributed by atoms with E-state index in [0.717, 1.165) is 24.3 Å².